The molecular formula is C12H11BrF2N2O4. The maximum atomic E-state index is 13.6. The summed E-state index contributed by atoms with van der Waals surface area (Å²) in [5, 5.41) is 20.4. The van der Waals surface area contributed by atoms with Gasteiger partial charge in [0.05, 0.1) is 6.10 Å². The van der Waals surface area contributed by atoms with E-state index in [2.05, 4.69) is 15.9 Å². The van der Waals surface area contributed by atoms with Crippen LogP contribution in [0.25, 0.3) is 0 Å². The number of carboxylic acids is 1. The predicted octanol–water partition coefficient (Wildman–Crippen LogP) is 1.78. The monoisotopic (exact) mass is 364 g/mol. The Labute approximate surface area is 126 Å². The number of nitrogens with one attached hydrogen (secondary N) is 1. The fraction of sp³-hybridized carbons (Fsp3) is 0.333. The molecule has 0 spiro atoms. The highest BCUT2D eigenvalue weighted by atomic mass is 79.9. The molecule has 2 rings (SSSR count). The number of carbonyl (C=O) groups is 2. The van der Waals surface area contributed by atoms with Gasteiger partial charge in [0.25, 0.3) is 0 Å². The van der Waals surface area contributed by atoms with E-state index in [4.69, 9.17) is 5.11 Å². The predicted molar refractivity (Wildman–Crippen MR) is 71.8 cm³/mol. The van der Waals surface area contributed by atoms with Crippen molar-refractivity contribution in [3.05, 3.63) is 28.2 Å². The molecule has 1 aliphatic rings. The van der Waals surface area contributed by atoms with E-state index < -0.39 is 41.5 Å². The number of aliphatic hydroxyl groups excluding tert-OH is 1. The van der Waals surface area contributed by atoms with Gasteiger partial charge in [-0.3, -0.25) is 0 Å². The molecule has 0 aliphatic carbocycles. The van der Waals surface area contributed by atoms with Gasteiger partial charge in [0.1, 0.15) is 11.7 Å². The second kappa shape index (κ2) is 5.94. The van der Waals surface area contributed by atoms with Crippen LogP contribution < -0.4 is 5.32 Å². The summed E-state index contributed by atoms with van der Waals surface area (Å²) in [7, 11) is 0. The van der Waals surface area contributed by atoms with E-state index >= 15 is 0 Å². The van der Waals surface area contributed by atoms with E-state index in [0.29, 0.717) is 0 Å². The SMILES string of the molecule is O=C(O)[C@@H]1CC(O)CN1C(=O)Nc1c(F)cc(Br)cc1F. The van der Waals surface area contributed by atoms with Gasteiger partial charge < -0.3 is 20.4 Å². The molecule has 1 fully saturated rings. The Kier molecular flexibility index (Phi) is 4.43. The van der Waals surface area contributed by atoms with Crippen LogP contribution in [0.3, 0.4) is 0 Å². The van der Waals surface area contributed by atoms with Gasteiger partial charge in [-0.25, -0.2) is 18.4 Å². The zero-order valence-corrected chi connectivity index (χ0v) is 12.1. The first-order valence-corrected chi connectivity index (χ1v) is 6.72. The Bertz CT molecular complexity index is 576. The van der Waals surface area contributed by atoms with Crippen LogP contribution in [0.1, 0.15) is 6.42 Å². The average Bonchev–Trinajstić information content (AvgIpc) is 2.76. The summed E-state index contributed by atoms with van der Waals surface area (Å²) in [6.45, 7) is -0.220. The number of halogens is 3. The van der Waals surface area contributed by atoms with Gasteiger partial charge in [-0.05, 0) is 12.1 Å². The molecule has 1 aromatic carbocycles. The first-order chi connectivity index (χ1) is 9.79. The molecule has 0 radical (unpaired) electrons. The normalized spacial score (nSPS) is 21.4. The highest BCUT2D eigenvalue weighted by molar-refractivity contribution is 9.10. The van der Waals surface area contributed by atoms with Gasteiger partial charge in [0, 0.05) is 17.4 Å². The third-order valence-electron chi connectivity index (χ3n) is 3.06. The number of benzene rings is 1. The molecule has 0 bridgehead atoms. The number of likely N-dealkylation sites (tertiary alicyclic amines) is 1. The van der Waals surface area contributed by atoms with Crippen LogP contribution >= 0.6 is 15.9 Å². The molecule has 1 saturated heterocycles. The summed E-state index contributed by atoms with van der Waals surface area (Å²) in [6, 6.07) is -0.293. The number of nitrogens with zero attached hydrogens (tertiary/aromatic N) is 1. The lowest BCUT2D eigenvalue weighted by atomic mass is 10.2. The minimum Gasteiger partial charge on any atom is -0.480 e. The number of aliphatic carboxylic acids is 1. The molecule has 114 valence electrons. The van der Waals surface area contributed by atoms with Crippen molar-refractivity contribution in [3.8, 4) is 0 Å². The van der Waals surface area contributed by atoms with Crippen LogP contribution in [-0.4, -0.2) is 45.8 Å². The van der Waals surface area contributed by atoms with E-state index in [1.807, 2.05) is 5.32 Å². The molecule has 0 aromatic heterocycles. The number of carboxylic acid groups (broad SMARTS) is 1. The smallest absolute Gasteiger partial charge is 0.326 e. The summed E-state index contributed by atoms with van der Waals surface area (Å²) < 4.78 is 27.4. The second-order valence-electron chi connectivity index (χ2n) is 4.57. The van der Waals surface area contributed by atoms with Gasteiger partial charge in [-0.2, -0.15) is 0 Å². The van der Waals surface area contributed by atoms with Crippen LogP contribution in [0.5, 0.6) is 0 Å². The van der Waals surface area contributed by atoms with Crippen LogP contribution in [0.2, 0.25) is 0 Å². The fourth-order valence-electron chi connectivity index (χ4n) is 2.11. The van der Waals surface area contributed by atoms with E-state index in [9.17, 15) is 23.5 Å². The van der Waals surface area contributed by atoms with Crippen molar-refractivity contribution >= 4 is 33.6 Å². The number of rotatable bonds is 2. The van der Waals surface area contributed by atoms with Crippen molar-refractivity contribution in [3.63, 3.8) is 0 Å². The molecule has 6 nitrogen and oxygen atoms in total. The Balaban J connectivity index is 2.20. The maximum Gasteiger partial charge on any atom is 0.326 e. The molecule has 1 aromatic rings. The number of anilines is 1. The summed E-state index contributed by atoms with van der Waals surface area (Å²) in [6.07, 6.45) is -1.12. The minimum atomic E-state index is -1.29. The van der Waals surface area contributed by atoms with E-state index in [1.54, 1.807) is 0 Å². The summed E-state index contributed by atoms with van der Waals surface area (Å²) in [4.78, 5) is 23.8. The first kappa shape index (κ1) is 15.6. The van der Waals surface area contributed by atoms with Gasteiger partial charge in [-0.15, -0.1) is 0 Å². The Morgan fingerprint density at radius 1 is 1.33 bits per heavy atom. The summed E-state index contributed by atoms with van der Waals surface area (Å²) in [5.41, 5.74) is -0.672. The van der Waals surface area contributed by atoms with E-state index in [1.165, 1.54) is 0 Å². The number of amides is 2. The van der Waals surface area contributed by atoms with Gasteiger partial charge >= 0.3 is 12.0 Å². The Morgan fingerprint density at radius 2 is 1.90 bits per heavy atom. The maximum absolute atomic E-state index is 13.6. The Morgan fingerprint density at radius 3 is 2.43 bits per heavy atom. The van der Waals surface area contributed by atoms with Gasteiger partial charge in [0.15, 0.2) is 11.6 Å². The topological polar surface area (TPSA) is 89.9 Å². The third kappa shape index (κ3) is 3.30. The fourth-order valence-corrected chi connectivity index (χ4v) is 2.51. The lowest BCUT2D eigenvalue weighted by Crippen LogP contribution is -2.43. The number of β-amino-alcohol motifs (C(OH)–C–C–N with tert-alkyl or cyclic N) is 1. The van der Waals surface area contributed by atoms with Crippen LogP contribution in [0.4, 0.5) is 19.3 Å². The van der Waals surface area contributed by atoms with E-state index in [0.717, 1.165) is 17.0 Å². The van der Waals surface area contributed by atoms with Crippen molar-refractivity contribution in [2.75, 3.05) is 11.9 Å². The Hall–Kier alpha value is -1.74. The average molecular weight is 365 g/mol. The van der Waals surface area contributed by atoms with Crippen molar-refractivity contribution < 1.29 is 28.6 Å². The van der Waals surface area contributed by atoms with Gasteiger partial charge in [0.2, 0.25) is 0 Å². The standard InChI is InChI=1S/C12H11BrF2N2O4/c13-5-1-7(14)10(8(15)2-5)16-12(21)17-4-6(18)3-9(17)11(19)20/h1-2,6,9,18H,3-4H2,(H,16,21)(H,19,20)/t6?,9-/m0/s1. The molecule has 3 N–H and O–H groups in total. The second-order valence-corrected chi connectivity index (χ2v) is 5.49. The molecule has 9 heteroatoms. The lowest BCUT2D eigenvalue weighted by molar-refractivity contribution is -0.141. The molecule has 21 heavy (non-hydrogen) atoms. The molecule has 2 amide bonds. The number of hydrogen-bond donors (Lipinski definition) is 3. The minimum absolute atomic E-state index is 0.131. The largest absolute Gasteiger partial charge is 0.480 e. The molecule has 1 heterocycles. The summed E-state index contributed by atoms with van der Waals surface area (Å²) in [5.74, 6) is -3.29. The molecule has 0 saturated carbocycles. The summed E-state index contributed by atoms with van der Waals surface area (Å²) >= 11 is 2.90. The number of urea groups is 1. The van der Waals surface area contributed by atoms with Crippen LogP contribution in [0, 0.1) is 11.6 Å². The highest BCUT2D eigenvalue weighted by Gasteiger charge is 2.39. The highest BCUT2D eigenvalue weighted by Crippen LogP contribution is 2.25. The van der Waals surface area contributed by atoms with Gasteiger partial charge in [-0.1, -0.05) is 15.9 Å². The first-order valence-electron chi connectivity index (χ1n) is 5.92. The molecule has 1 aliphatic heterocycles. The lowest BCUT2D eigenvalue weighted by Gasteiger charge is -2.21. The van der Waals surface area contributed by atoms with Crippen LogP contribution in [0.15, 0.2) is 16.6 Å². The number of carbonyl (C=O) groups excluding carboxylic acids is 1. The molecule has 1 unspecified atom stereocenters. The van der Waals surface area contributed by atoms with E-state index in [-0.39, 0.29) is 17.4 Å². The molecule has 2 atom stereocenters. The number of hydrogen-bond acceptors (Lipinski definition) is 3. The van der Waals surface area contributed by atoms with Crippen molar-refractivity contribution in [2.45, 2.75) is 18.6 Å². The van der Waals surface area contributed by atoms with Crippen molar-refractivity contribution in [1.29, 1.82) is 0 Å². The third-order valence-corrected chi connectivity index (χ3v) is 3.52. The quantitative estimate of drug-likeness (QED) is 0.746. The van der Waals surface area contributed by atoms with Crippen molar-refractivity contribution in [1.82, 2.24) is 4.90 Å². The zero-order chi connectivity index (χ0) is 15.7. The van der Waals surface area contributed by atoms with Crippen molar-refractivity contribution in [2.24, 2.45) is 0 Å². The molecular weight excluding hydrogens is 354 g/mol. The number of aliphatic hydroxyl groups is 1. The van der Waals surface area contributed by atoms with Crippen LogP contribution in [-0.2, 0) is 4.79 Å². The zero-order valence-electron chi connectivity index (χ0n) is 10.5.